The van der Waals surface area contributed by atoms with Crippen molar-refractivity contribution in [2.45, 2.75) is 13.0 Å². The summed E-state index contributed by atoms with van der Waals surface area (Å²) < 4.78 is 13.0. The van der Waals surface area contributed by atoms with Crippen LogP contribution in [0.2, 0.25) is 5.28 Å². The average Bonchev–Trinajstić information content (AvgIpc) is 2.11. The van der Waals surface area contributed by atoms with Crippen LogP contribution in [0, 0.1) is 5.82 Å². The monoisotopic (exact) mass is 218 g/mol. The van der Waals surface area contributed by atoms with Crippen molar-refractivity contribution in [1.29, 1.82) is 0 Å². The molecule has 0 fully saturated rings. The predicted octanol–water partition coefficient (Wildman–Crippen LogP) is 0.555. The summed E-state index contributed by atoms with van der Waals surface area (Å²) in [7, 11) is 0. The molecule has 1 unspecified atom stereocenters. The standard InChI is InChI=1S/C7H8ClFN4O/c1-3(10)6(14)12-5-4(9)2-11-7(8)13-5/h2-3H,10H2,1H3,(H,11,12,13,14). The molecule has 0 aliphatic carbocycles. The lowest BCUT2D eigenvalue weighted by atomic mass is 10.3. The van der Waals surface area contributed by atoms with Gasteiger partial charge in [-0.1, -0.05) is 0 Å². The second-order valence-electron chi connectivity index (χ2n) is 2.61. The highest BCUT2D eigenvalue weighted by molar-refractivity contribution is 6.28. The first-order valence-corrected chi connectivity index (χ1v) is 4.13. The van der Waals surface area contributed by atoms with E-state index >= 15 is 0 Å². The van der Waals surface area contributed by atoms with Gasteiger partial charge in [0.15, 0.2) is 11.6 Å². The first-order valence-electron chi connectivity index (χ1n) is 3.75. The zero-order valence-electron chi connectivity index (χ0n) is 7.29. The molecule has 1 aromatic heterocycles. The topological polar surface area (TPSA) is 80.9 Å². The number of nitrogens with two attached hydrogens (primary N) is 1. The van der Waals surface area contributed by atoms with Crippen molar-refractivity contribution in [1.82, 2.24) is 9.97 Å². The number of aromatic nitrogens is 2. The lowest BCUT2D eigenvalue weighted by Crippen LogP contribution is -2.33. The van der Waals surface area contributed by atoms with Gasteiger partial charge in [0.25, 0.3) is 0 Å². The molecular weight excluding hydrogens is 211 g/mol. The normalized spacial score (nSPS) is 12.3. The molecule has 1 aromatic rings. The van der Waals surface area contributed by atoms with E-state index in [0.717, 1.165) is 6.20 Å². The largest absolute Gasteiger partial charge is 0.320 e. The lowest BCUT2D eigenvalue weighted by molar-refractivity contribution is -0.117. The molecule has 1 rings (SSSR count). The fraction of sp³-hybridized carbons (Fsp3) is 0.286. The number of nitrogens with one attached hydrogen (secondary N) is 1. The number of nitrogens with zero attached hydrogens (tertiary/aromatic N) is 2. The van der Waals surface area contributed by atoms with Crippen LogP contribution >= 0.6 is 11.6 Å². The zero-order valence-corrected chi connectivity index (χ0v) is 8.05. The second-order valence-corrected chi connectivity index (χ2v) is 2.95. The summed E-state index contributed by atoms with van der Waals surface area (Å²) in [5.41, 5.74) is 5.26. The van der Waals surface area contributed by atoms with Gasteiger partial charge in [0.2, 0.25) is 11.2 Å². The third-order valence-corrected chi connectivity index (χ3v) is 1.55. The maximum Gasteiger partial charge on any atom is 0.242 e. The maximum atomic E-state index is 13.0. The van der Waals surface area contributed by atoms with Gasteiger partial charge in [-0.05, 0) is 18.5 Å². The van der Waals surface area contributed by atoms with Gasteiger partial charge in [-0.15, -0.1) is 0 Å². The Morgan fingerprint density at radius 3 is 3.00 bits per heavy atom. The van der Waals surface area contributed by atoms with Crippen LogP contribution in [0.25, 0.3) is 0 Å². The number of rotatable bonds is 2. The third-order valence-electron chi connectivity index (χ3n) is 1.37. The molecule has 5 nitrogen and oxygen atoms in total. The van der Waals surface area contributed by atoms with E-state index in [1.54, 1.807) is 0 Å². The van der Waals surface area contributed by atoms with Gasteiger partial charge in [-0.3, -0.25) is 4.79 Å². The Bertz CT molecular complexity index is 358. The van der Waals surface area contributed by atoms with Crippen LogP contribution in [0.15, 0.2) is 6.20 Å². The van der Waals surface area contributed by atoms with Crippen LogP contribution in [0.5, 0.6) is 0 Å². The van der Waals surface area contributed by atoms with E-state index < -0.39 is 17.8 Å². The predicted molar refractivity (Wildman–Crippen MR) is 49.3 cm³/mol. The number of hydrogen-bond donors (Lipinski definition) is 2. The van der Waals surface area contributed by atoms with Gasteiger partial charge in [0, 0.05) is 0 Å². The van der Waals surface area contributed by atoms with Gasteiger partial charge in [0.05, 0.1) is 12.2 Å². The van der Waals surface area contributed by atoms with Crippen LogP contribution in [0.3, 0.4) is 0 Å². The van der Waals surface area contributed by atoms with E-state index in [-0.39, 0.29) is 11.1 Å². The summed E-state index contributed by atoms with van der Waals surface area (Å²) in [5, 5.41) is 2.03. The van der Waals surface area contributed by atoms with E-state index in [9.17, 15) is 9.18 Å². The molecule has 0 bridgehead atoms. The van der Waals surface area contributed by atoms with Crippen molar-refractivity contribution in [3.63, 3.8) is 0 Å². The lowest BCUT2D eigenvalue weighted by Gasteiger charge is -2.06. The van der Waals surface area contributed by atoms with Gasteiger partial charge < -0.3 is 11.1 Å². The van der Waals surface area contributed by atoms with Crippen LogP contribution in [0.1, 0.15) is 6.92 Å². The van der Waals surface area contributed by atoms with E-state index in [1.807, 2.05) is 0 Å². The number of carbonyl (C=O) groups is 1. The van der Waals surface area contributed by atoms with Crippen molar-refractivity contribution in [2.75, 3.05) is 5.32 Å². The summed E-state index contributed by atoms with van der Waals surface area (Å²) in [6, 6.07) is -0.747. The molecule has 76 valence electrons. The molecule has 3 N–H and O–H groups in total. The highest BCUT2D eigenvalue weighted by atomic mass is 35.5. The molecule has 0 saturated carbocycles. The Morgan fingerprint density at radius 1 is 1.79 bits per heavy atom. The highest BCUT2D eigenvalue weighted by Gasteiger charge is 2.12. The summed E-state index contributed by atoms with van der Waals surface area (Å²) >= 11 is 5.41. The van der Waals surface area contributed by atoms with Crippen LogP contribution < -0.4 is 11.1 Å². The highest BCUT2D eigenvalue weighted by Crippen LogP contribution is 2.11. The summed E-state index contributed by atoms with van der Waals surface area (Å²) in [5.74, 6) is -1.57. The van der Waals surface area contributed by atoms with Crippen LogP contribution in [-0.4, -0.2) is 21.9 Å². The number of carbonyl (C=O) groups excluding carboxylic acids is 1. The van der Waals surface area contributed by atoms with Crippen LogP contribution in [0.4, 0.5) is 10.2 Å². The Labute approximate surface area is 84.5 Å². The molecule has 7 heteroatoms. The second kappa shape index (κ2) is 4.30. The molecule has 1 heterocycles. The number of amides is 1. The van der Waals surface area contributed by atoms with E-state index in [4.69, 9.17) is 17.3 Å². The molecule has 14 heavy (non-hydrogen) atoms. The molecular formula is C7H8ClFN4O. The molecule has 0 spiro atoms. The van der Waals surface area contributed by atoms with Crippen molar-refractivity contribution >= 4 is 23.3 Å². The van der Waals surface area contributed by atoms with Gasteiger partial charge in [-0.25, -0.2) is 9.37 Å². The number of anilines is 1. The quantitative estimate of drug-likeness (QED) is 0.711. The third kappa shape index (κ3) is 2.61. The molecule has 0 aromatic carbocycles. The summed E-state index contributed by atoms with van der Waals surface area (Å²) in [6.07, 6.45) is 0.867. The first kappa shape index (κ1) is 10.8. The van der Waals surface area contributed by atoms with Gasteiger partial charge >= 0.3 is 0 Å². The summed E-state index contributed by atoms with van der Waals surface area (Å²) in [4.78, 5) is 17.9. The Morgan fingerprint density at radius 2 is 2.43 bits per heavy atom. The van der Waals surface area contributed by atoms with Crippen LogP contribution in [-0.2, 0) is 4.79 Å². The number of hydrogen-bond acceptors (Lipinski definition) is 4. The molecule has 0 radical (unpaired) electrons. The van der Waals surface area contributed by atoms with Crippen molar-refractivity contribution in [3.05, 3.63) is 17.3 Å². The minimum atomic E-state index is -0.761. The van der Waals surface area contributed by atoms with Crippen molar-refractivity contribution in [3.8, 4) is 0 Å². The maximum absolute atomic E-state index is 13.0. The van der Waals surface area contributed by atoms with E-state index in [2.05, 4.69) is 15.3 Å². The molecule has 0 aliphatic rings. The SMILES string of the molecule is CC(N)C(=O)Nc1nc(Cl)ncc1F. The first-order chi connectivity index (χ1) is 6.50. The van der Waals surface area contributed by atoms with Crippen molar-refractivity contribution in [2.24, 2.45) is 5.73 Å². The summed E-state index contributed by atoms with van der Waals surface area (Å²) in [6.45, 7) is 1.47. The van der Waals surface area contributed by atoms with E-state index in [0.29, 0.717) is 0 Å². The number of halogens is 2. The van der Waals surface area contributed by atoms with E-state index in [1.165, 1.54) is 6.92 Å². The fourth-order valence-corrected chi connectivity index (χ4v) is 0.797. The molecule has 1 atom stereocenters. The average molecular weight is 219 g/mol. The fourth-order valence-electron chi connectivity index (χ4n) is 0.664. The minimum Gasteiger partial charge on any atom is -0.320 e. The zero-order chi connectivity index (χ0) is 10.7. The van der Waals surface area contributed by atoms with Gasteiger partial charge in [0.1, 0.15) is 0 Å². The van der Waals surface area contributed by atoms with Gasteiger partial charge in [-0.2, -0.15) is 4.98 Å². The Balaban J connectivity index is 2.86. The molecule has 1 amide bonds. The molecule has 0 saturated heterocycles. The Kier molecular flexibility index (Phi) is 3.32. The molecule has 0 aliphatic heterocycles. The smallest absolute Gasteiger partial charge is 0.242 e. The van der Waals surface area contributed by atoms with Crippen molar-refractivity contribution < 1.29 is 9.18 Å². The minimum absolute atomic E-state index is 0.147. The Hall–Kier alpha value is -1.27.